The highest BCUT2D eigenvalue weighted by Crippen LogP contribution is 2.22. The van der Waals surface area contributed by atoms with Crippen LogP contribution in [0.3, 0.4) is 0 Å². The summed E-state index contributed by atoms with van der Waals surface area (Å²) < 4.78 is 0. The van der Waals surface area contributed by atoms with E-state index in [4.69, 9.17) is 11.5 Å². The molecule has 2 N–H and O–H groups in total. The zero-order chi connectivity index (χ0) is 15.6. The van der Waals surface area contributed by atoms with Crippen LogP contribution in [0.25, 0.3) is 0 Å². The van der Waals surface area contributed by atoms with Crippen LogP contribution in [0, 0.1) is 17.8 Å². The van der Waals surface area contributed by atoms with Gasteiger partial charge in [0.1, 0.15) is 6.54 Å². The molecule has 0 aliphatic rings. The van der Waals surface area contributed by atoms with E-state index in [1.165, 1.54) is 6.42 Å². The maximum Gasteiger partial charge on any atom is 0.323 e. The van der Waals surface area contributed by atoms with Gasteiger partial charge in [0.2, 0.25) is 0 Å². The van der Waals surface area contributed by atoms with E-state index in [9.17, 15) is 9.59 Å². The largest absolute Gasteiger partial charge is 0.480 e. The lowest BCUT2D eigenvalue weighted by Gasteiger charge is -2.27. The van der Waals surface area contributed by atoms with Gasteiger partial charge in [-0.2, -0.15) is 0 Å². The number of carbonyl (C=O) groups is 2. The van der Waals surface area contributed by atoms with Crippen molar-refractivity contribution in [3.05, 3.63) is 0 Å². The molecule has 0 aliphatic carbocycles. The van der Waals surface area contributed by atoms with E-state index in [0.29, 0.717) is 6.54 Å². The number of carboxylic acid groups (broad SMARTS) is 1. The molecule has 0 aliphatic heterocycles. The van der Waals surface area contributed by atoms with Crippen molar-refractivity contribution in [2.24, 2.45) is 5.41 Å². The fraction of sp³-hybridized carbons (Fsp3) is 0.733. The van der Waals surface area contributed by atoms with Crippen molar-refractivity contribution in [3.8, 4) is 12.3 Å². The van der Waals surface area contributed by atoms with E-state index in [0.717, 1.165) is 24.2 Å². The molecule has 0 heterocycles. The zero-order valence-electron chi connectivity index (χ0n) is 12.7. The van der Waals surface area contributed by atoms with Crippen LogP contribution in [0.1, 0.15) is 46.5 Å². The quantitative estimate of drug-likeness (QED) is 0.503. The highest BCUT2D eigenvalue weighted by atomic mass is 16.4. The Balaban J connectivity index is 4.28. The van der Waals surface area contributed by atoms with Crippen molar-refractivity contribution in [2.75, 3.05) is 19.6 Å². The molecular formula is C15H26N2O3. The molecule has 0 unspecified atom stereocenters. The number of amides is 2. The first-order valence-corrected chi connectivity index (χ1v) is 7.00. The molecule has 0 saturated carbocycles. The Labute approximate surface area is 121 Å². The zero-order valence-corrected chi connectivity index (χ0v) is 12.7. The standard InChI is InChI=1S/C15H26N2O3/c1-5-7-8-9-15(3,4)12-16-14(20)17(10-6-2)11-13(18)19/h2H,5,7-12H2,1,3-4H3,(H,16,20)(H,18,19). The number of carboxylic acids is 1. The molecular weight excluding hydrogens is 256 g/mol. The van der Waals surface area contributed by atoms with Gasteiger partial charge in [-0.25, -0.2) is 4.79 Å². The molecule has 0 saturated heterocycles. The van der Waals surface area contributed by atoms with Gasteiger partial charge in [0.25, 0.3) is 0 Å². The highest BCUT2D eigenvalue weighted by molar-refractivity contribution is 5.80. The van der Waals surface area contributed by atoms with Crippen LogP contribution < -0.4 is 5.32 Å². The molecule has 2 amide bonds. The second-order valence-corrected chi connectivity index (χ2v) is 5.73. The average molecular weight is 282 g/mol. The van der Waals surface area contributed by atoms with Crippen molar-refractivity contribution in [2.45, 2.75) is 46.5 Å². The van der Waals surface area contributed by atoms with Crippen molar-refractivity contribution >= 4 is 12.0 Å². The van der Waals surface area contributed by atoms with Crippen molar-refractivity contribution < 1.29 is 14.7 Å². The molecule has 0 fully saturated rings. The number of hydrogen-bond donors (Lipinski definition) is 2. The third-order valence-corrected chi connectivity index (χ3v) is 3.07. The first kappa shape index (κ1) is 18.3. The number of carbonyl (C=O) groups excluding carboxylic acids is 1. The van der Waals surface area contributed by atoms with E-state index in [1.54, 1.807) is 0 Å². The maximum atomic E-state index is 11.9. The van der Waals surface area contributed by atoms with Crippen LogP contribution in [0.5, 0.6) is 0 Å². The smallest absolute Gasteiger partial charge is 0.323 e. The Bertz CT molecular complexity index is 359. The Morgan fingerprint density at radius 2 is 2.00 bits per heavy atom. The Hall–Kier alpha value is -1.70. The molecule has 5 nitrogen and oxygen atoms in total. The molecule has 114 valence electrons. The van der Waals surface area contributed by atoms with Gasteiger partial charge in [-0.15, -0.1) is 6.42 Å². The lowest BCUT2D eigenvalue weighted by atomic mass is 9.87. The van der Waals surface area contributed by atoms with E-state index < -0.39 is 12.0 Å². The second kappa shape index (κ2) is 9.24. The molecule has 0 aromatic carbocycles. The average Bonchev–Trinajstić information content (AvgIpc) is 2.35. The highest BCUT2D eigenvalue weighted by Gasteiger charge is 2.21. The number of unbranched alkanes of at least 4 members (excludes halogenated alkanes) is 2. The summed E-state index contributed by atoms with van der Waals surface area (Å²) in [6.45, 7) is 6.45. The number of nitrogens with zero attached hydrogens (tertiary/aromatic N) is 1. The first-order chi connectivity index (χ1) is 9.32. The normalized spacial score (nSPS) is 10.7. The molecule has 0 radical (unpaired) electrons. The van der Waals surface area contributed by atoms with Crippen molar-refractivity contribution in [1.29, 1.82) is 0 Å². The topological polar surface area (TPSA) is 69.6 Å². The predicted molar refractivity (Wildman–Crippen MR) is 79.4 cm³/mol. The molecule has 0 spiro atoms. The first-order valence-electron chi connectivity index (χ1n) is 7.00. The monoisotopic (exact) mass is 282 g/mol. The number of aliphatic carboxylic acids is 1. The second-order valence-electron chi connectivity index (χ2n) is 5.73. The fourth-order valence-corrected chi connectivity index (χ4v) is 1.84. The van der Waals surface area contributed by atoms with Gasteiger partial charge in [-0.1, -0.05) is 46.0 Å². The minimum Gasteiger partial charge on any atom is -0.480 e. The van der Waals surface area contributed by atoms with Gasteiger partial charge in [0.15, 0.2) is 0 Å². The number of terminal acetylenes is 1. The lowest BCUT2D eigenvalue weighted by molar-refractivity contribution is -0.137. The Morgan fingerprint density at radius 1 is 1.35 bits per heavy atom. The van der Waals surface area contributed by atoms with Crippen LogP contribution in [-0.2, 0) is 4.79 Å². The van der Waals surface area contributed by atoms with Crippen molar-refractivity contribution in [1.82, 2.24) is 10.2 Å². The van der Waals surface area contributed by atoms with Crippen LogP contribution in [-0.4, -0.2) is 41.6 Å². The Kier molecular flexibility index (Phi) is 8.46. The van der Waals surface area contributed by atoms with Gasteiger partial charge in [-0.3, -0.25) is 4.79 Å². The van der Waals surface area contributed by atoms with Crippen molar-refractivity contribution in [3.63, 3.8) is 0 Å². The SMILES string of the molecule is C#CCN(CC(=O)O)C(=O)NCC(C)(C)CCCCC. The molecule has 0 rings (SSSR count). The fourth-order valence-electron chi connectivity index (χ4n) is 1.84. The molecule has 5 heteroatoms. The van der Waals surface area contributed by atoms with Crippen LogP contribution in [0.4, 0.5) is 4.79 Å². The van der Waals surface area contributed by atoms with Gasteiger partial charge in [0, 0.05) is 6.54 Å². The minimum absolute atomic E-state index is 0.00410. The van der Waals surface area contributed by atoms with Gasteiger partial charge in [0.05, 0.1) is 6.54 Å². The summed E-state index contributed by atoms with van der Waals surface area (Å²) >= 11 is 0. The molecule has 0 aromatic heterocycles. The third kappa shape index (κ3) is 8.41. The lowest BCUT2D eigenvalue weighted by Crippen LogP contribution is -2.45. The number of nitrogens with one attached hydrogen (secondary N) is 1. The summed E-state index contributed by atoms with van der Waals surface area (Å²) in [5.41, 5.74) is -0.00410. The van der Waals surface area contributed by atoms with E-state index >= 15 is 0 Å². The summed E-state index contributed by atoms with van der Waals surface area (Å²) in [7, 11) is 0. The maximum absolute atomic E-state index is 11.9. The summed E-state index contributed by atoms with van der Waals surface area (Å²) in [6.07, 6.45) is 9.64. The van der Waals surface area contributed by atoms with E-state index in [1.807, 2.05) is 0 Å². The van der Waals surface area contributed by atoms with E-state index in [-0.39, 0.29) is 18.5 Å². The molecule has 20 heavy (non-hydrogen) atoms. The number of rotatable bonds is 9. The summed E-state index contributed by atoms with van der Waals surface area (Å²) in [5, 5.41) is 11.5. The van der Waals surface area contributed by atoms with E-state index in [2.05, 4.69) is 32.0 Å². The summed E-state index contributed by atoms with van der Waals surface area (Å²) in [6, 6.07) is -0.422. The Morgan fingerprint density at radius 3 is 2.50 bits per heavy atom. The van der Waals surface area contributed by atoms with Gasteiger partial charge >= 0.3 is 12.0 Å². The summed E-state index contributed by atoms with van der Waals surface area (Å²) in [4.78, 5) is 23.7. The van der Waals surface area contributed by atoms with Crippen LogP contribution >= 0.6 is 0 Å². The number of hydrogen-bond acceptors (Lipinski definition) is 2. The summed E-state index contributed by atoms with van der Waals surface area (Å²) in [5.74, 6) is 1.22. The van der Waals surface area contributed by atoms with Gasteiger partial charge < -0.3 is 15.3 Å². The minimum atomic E-state index is -1.07. The predicted octanol–water partition coefficient (Wildman–Crippen LogP) is 2.32. The molecule has 0 bridgehead atoms. The number of urea groups is 1. The molecule has 0 aromatic rings. The van der Waals surface area contributed by atoms with Crippen LogP contribution in [0.15, 0.2) is 0 Å². The third-order valence-electron chi connectivity index (χ3n) is 3.07. The molecule has 0 atom stereocenters. The van der Waals surface area contributed by atoms with Gasteiger partial charge in [-0.05, 0) is 11.8 Å². The van der Waals surface area contributed by atoms with Crippen LogP contribution in [0.2, 0.25) is 0 Å².